The summed E-state index contributed by atoms with van der Waals surface area (Å²) in [5.74, 6) is -5.34. The first kappa shape index (κ1) is 33.1. The van der Waals surface area contributed by atoms with E-state index in [1.165, 1.54) is 51.4 Å². The number of aromatic nitrogens is 1. The molecule has 3 atom stereocenters. The lowest BCUT2D eigenvalue weighted by Crippen LogP contribution is -2.55. The van der Waals surface area contributed by atoms with Gasteiger partial charge in [0, 0.05) is 17.6 Å². The molecule has 0 aliphatic heterocycles. The Labute approximate surface area is 251 Å². The van der Waals surface area contributed by atoms with E-state index in [0.29, 0.717) is 16.3 Å². The normalized spacial score (nSPS) is 13.4. The highest BCUT2D eigenvalue weighted by molar-refractivity contribution is 6.30. The Morgan fingerprint density at radius 3 is 2.23 bits per heavy atom. The van der Waals surface area contributed by atoms with Crippen LogP contribution in [-0.2, 0) is 20.8 Å². The van der Waals surface area contributed by atoms with Crippen molar-refractivity contribution < 1.29 is 37.1 Å². The molecule has 0 saturated carbocycles. The number of nitrogens with one attached hydrogen (secondary N) is 3. The third-order valence-corrected chi connectivity index (χ3v) is 6.59. The Morgan fingerprint density at radius 1 is 0.907 bits per heavy atom. The number of carbonyl (C=O) groups excluding carboxylic acids is 4. The van der Waals surface area contributed by atoms with E-state index in [2.05, 4.69) is 20.9 Å². The number of pyridine rings is 1. The third kappa shape index (κ3) is 9.27. The molecule has 0 radical (unpaired) electrons. The van der Waals surface area contributed by atoms with Crippen molar-refractivity contribution in [3.8, 4) is 5.75 Å². The lowest BCUT2D eigenvalue weighted by Gasteiger charge is -2.27. The smallest absolute Gasteiger partial charge is 0.452 e. The van der Waals surface area contributed by atoms with Gasteiger partial charge in [0.05, 0.1) is 13.2 Å². The van der Waals surface area contributed by atoms with Crippen molar-refractivity contribution in [1.82, 2.24) is 20.9 Å². The van der Waals surface area contributed by atoms with Crippen LogP contribution in [0.1, 0.15) is 41.5 Å². The van der Waals surface area contributed by atoms with Crippen LogP contribution < -0.4 is 20.7 Å². The molecule has 0 aliphatic carbocycles. The Kier molecular flexibility index (Phi) is 11.2. The summed E-state index contributed by atoms with van der Waals surface area (Å²) in [6.07, 6.45) is -3.86. The molecule has 3 N–H and O–H groups in total. The number of rotatable bonds is 12. The minimum atomic E-state index is -5.20. The maximum atomic E-state index is 13.7. The van der Waals surface area contributed by atoms with Crippen LogP contribution in [-0.4, -0.2) is 53.9 Å². The second-order valence-corrected chi connectivity index (χ2v) is 10.3. The van der Waals surface area contributed by atoms with Crippen molar-refractivity contribution in [2.45, 2.75) is 44.6 Å². The number of halogens is 4. The van der Waals surface area contributed by atoms with Crippen LogP contribution >= 0.6 is 11.6 Å². The number of methoxy groups -OCH3 is 1. The topological polar surface area (TPSA) is 126 Å². The molecule has 9 nitrogen and oxygen atoms in total. The highest BCUT2D eigenvalue weighted by Crippen LogP contribution is 2.24. The fourth-order valence-corrected chi connectivity index (χ4v) is 4.36. The van der Waals surface area contributed by atoms with E-state index in [9.17, 15) is 32.3 Å². The van der Waals surface area contributed by atoms with Gasteiger partial charge in [0.2, 0.25) is 11.8 Å². The molecule has 1 heterocycles. The fourth-order valence-electron chi connectivity index (χ4n) is 4.15. The summed E-state index contributed by atoms with van der Waals surface area (Å²) in [6.45, 7) is 2.70. The Hall–Kier alpha value is -4.45. The standard InChI is InChI=1S/C30H30ClF3N4O5/c1-17(2)24(26(39)30(32,33)34)37-29(42)25(19-9-7-11-21(16-19)43-3)38-28(41)23(15-18-8-6-10-20(31)14-18)36-27(40)22-12-4-5-13-35-22/h4-14,16-17,23-25H,15H2,1-3H3,(H,36,40)(H,37,42)(H,38,41)/t23?,24-,25-/m0/s1. The summed E-state index contributed by atoms with van der Waals surface area (Å²) in [4.78, 5) is 56.3. The summed E-state index contributed by atoms with van der Waals surface area (Å²) >= 11 is 6.11. The van der Waals surface area contributed by atoms with Crippen molar-refractivity contribution >= 4 is 35.1 Å². The van der Waals surface area contributed by atoms with Crippen LogP contribution in [0.2, 0.25) is 5.02 Å². The first-order valence-corrected chi connectivity index (χ1v) is 13.5. The van der Waals surface area contributed by atoms with Gasteiger partial charge >= 0.3 is 6.18 Å². The molecule has 3 amide bonds. The molecule has 0 fully saturated rings. The summed E-state index contributed by atoms with van der Waals surface area (Å²) in [5, 5.41) is 7.66. The first-order valence-electron chi connectivity index (χ1n) is 13.1. The second kappa shape index (κ2) is 14.6. The van der Waals surface area contributed by atoms with Gasteiger partial charge < -0.3 is 20.7 Å². The Bertz CT molecular complexity index is 1450. The average Bonchev–Trinajstić information content (AvgIpc) is 2.97. The number of carbonyl (C=O) groups is 4. The molecule has 13 heteroatoms. The SMILES string of the molecule is COc1cccc([C@H](NC(=O)C(Cc2cccc(Cl)c2)NC(=O)c2ccccn2)C(=O)N[C@H](C(=O)C(F)(F)F)C(C)C)c1. The number of hydrogen-bond donors (Lipinski definition) is 3. The van der Waals surface area contributed by atoms with Crippen LogP contribution in [0.25, 0.3) is 0 Å². The Balaban J connectivity index is 1.97. The van der Waals surface area contributed by atoms with Gasteiger partial charge in [0.1, 0.15) is 23.5 Å². The van der Waals surface area contributed by atoms with Crippen LogP contribution in [0.4, 0.5) is 13.2 Å². The number of amides is 3. The van der Waals surface area contributed by atoms with Gasteiger partial charge in [0.15, 0.2) is 0 Å². The van der Waals surface area contributed by atoms with E-state index in [4.69, 9.17) is 16.3 Å². The van der Waals surface area contributed by atoms with Crippen molar-refractivity contribution in [3.63, 3.8) is 0 Å². The number of alkyl halides is 3. The predicted molar refractivity (Wildman–Crippen MR) is 152 cm³/mol. The molecule has 43 heavy (non-hydrogen) atoms. The van der Waals surface area contributed by atoms with Crippen LogP contribution in [0, 0.1) is 5.92 Å². The highest BCUT2D eigenvalue weighted by atomic mass is 35.5. The van der Waals surface area contributed by atoms with Gasteiger partial charge in [-0.1, -0.05) is 55.8 Å². The summed E-state index contributed by atoms with van der Waals surface area (Å²) in [5.41, 5.74) is 0.760. The van der Waals surface area contributed by atoms with Crippen molar-refractivity contribution in [2.24, 2.45) is 5.92 Å². The number of ether oxygens (including phenoxy) is 1. The molecule has 0 spiro atoms. The molecule has 2 aromatic carbocycles. The molecular weight excluding hydrogens is 589 g/mol. The van der Waals surface area contributed by atoms with Gasteiger partial charge in [-0.15, -0.1) is 0 Å². The van der Waals surface area contributed by atoms with Crippen LogP contribution in [0.5, 0.6) is 5.75 Å². The van der Waals surface area contributed by atoms with E-state index in [0.717, 1.165) is 0 Å². The van der Waals surface area contributed by atoms with Crippen molar-refractivity contribution in [1.29, 1.82) is 0 Å². The molecule has 3 aromatic rings. The zero-order valence-electron chi connectivity index (χ0n) is 23.4. The zero-order valence-corrected chi connectivity index (χ0v) is 24.2. The lowest BCUT2D eigenvalue weighted by atomic mass is 9.97. The van der Waals surface area contributed by atoms with E-state index in [-0.39, 0.29) is 17.7 Å². The molecular formula is C30H30ClF3N4O5. The third-order valence-electron chi connectivity index (χ3n) is 6.35. The van der Waals surface area contributed by atoms with Gasteiger partial charge in [-0.05, 0) is 53.4 Å². The van der Waals surface area contributed by atoms with E-state index >= 15 is 0 Å². The minimum Gasteiger partial charge on any atom is -0.497 e. The first-order chi connectivity index (χ1) is 20.3. The maximum absolute atomic E-state index is 13.7. The molecule has 0 aliphatic rings. The summed E-state index contributed by atoms with van der Waals surface area (Å²) in [7, 11) is 1.37. The lowest BCUT2D eigenvalue weighted by molar-refractivity contribution is -0.175. The van der Waals surface area contributed by atoms with Crippen LogP contribution in [0.15, 0.2) is 72.9 Å². The number of ketones is 1. The highest BCUT2D eigenvalue weighted by Gasteiger charge is 2.45. The minimum absolute atomic E-state index is 0.0268. The quantitative estimate of drug-likeness (QED) is 0.279. The van der Waals surface area contributed by atoms with Crippen LogP contribution in [0.3, 0.4) is 0 Å². The number of nitrogens with zero attached hydrogens (tertiary/aromatic N) is 1. The van der Waals surface area contributed by atoms with Gasteiger partial charge in [0.25, 0.3) is 11.7 Å². The monoisotopic (exact) mass is 618 g/mol. The molecule has 1 aromatic heterocycles. The number of benzene rings is 2. The maximum Gasteiger partial charge on any atom is 0.452 e. The van der Waals surface area contributed by atoms with Gasteiger partial charge in [-0.25, -0.2) is 0 Å². The van der Waals surface area contributed by atoms with Crippen molar-refractivity contribution in [3.05, 3.63) is 94.8 Å². The molecule has 3 rings (SSSR count). The van der Waals surface area contributed by atoms with Gasteiger partial charge in [-0.3, -0.25) is 24.2 Å². The average molecular weight is 619 g/mol. The van der Waals surface area contributed by atoms with E-state index in [1.807, 2.05) is 0 Å². The molecule has 1 unspecified atom stereocenters. The van der Waals surface area contributed by atoms with E-state index in [1.54, 1.807) is 42.5 Å². The molecule has 0 saturated heterocycles. The number of hydrogen-bond acceptors (Lipinski definition) is 6. The Morgan fingerprint density at radius 2 is 1.63 bits per heavy atom. The van der Waals surface area contributed by atoms with Gasteiger partial charge in [-0.2, -0.15) is 13.2 Å². The number of Topliss-reactive ketones (excluding diaryl/α,β-unsaturated/α-hetero) is 1. The molecule has 228 valence electrons. The predicted octanol–water partition coefficient (Wildman–Crippen LogP) is 4.21. The second-order valence-electron chi connectivity index (χ2n) is 9.89. The summed E-state index contributed by atoms with van der Waals surface area (Å²) in [6, 6.07) is 12.4. The zero-order chi connectivity index (χ0) is 31.7. The fraction of sp³-hybridized carbons (Fsp3) is 0.300. The van der Waals surface area contributed by atoms with Crippen molar-refractivity contribution in [2.75, 3.05) is 7.11 Å². The molecule has 0 bridgehead atoms. The largest absolute Gasteiger partial charge is 0.497 e. The summed E-state index contributed by atoms with van der Waals surface area (Å²) < 4.78 is 45.1. The van der Waals surface area contributed by atoms with E-state index < -0.39 is 53.7 Å².